The summed E-state index contributed by atoms with van der Waals surface area (Å²) in [6, 6.07) is 9.08. The number of halogens is 2. The minimum Gasteiger partial charge on any atom is -0.493 e. The van der Waals surface area contributed by atoms with E-state index in [2.05, 4.69) is 5.32 Å². The summed E-state index contributed by atoms with van der Waals surface area (Å²) in [4.78, 5) is 0. The summed E-state index contributed by atoms with van der Waals surface area (Å²) in [7, 11) is 1.56. The largest absolute Gasteiger partial charge is 0.493 e. The smallest absolute Gasteiger partial charge is 0.163 e. The molecule has 0 aromatic heterocycles. The Labute approximate surface area is 128 Å². The molecule has 0 radical (unpaired) electrons. The summed E-state index contributed by atoms with van der Waals surface area (Å²) in [6.45, 7) is 3.87. The van der Waals surface area contributed by atoms with Crippen molar-refractivity contribution in [2.75, 3.05) is 12.4 Å². The van der Waals surface area contributed by atoms with Gasteiger partial charge in [0.05, 0.1) is 13.2 Å². The Balaban J connectivity index is 2.16. The maximum Gasteiger partial charge on any atom is 0.163 e. The van der Waals surface area contributed by atoms with E-state index in [1.807, 2.05) is 13.8 Å². The summed E-state index contributed by atoms with van der Waals surface area (Å²) in [5.74, 6) is 0.0483. The third-order valence-corrected chi connectivity index (χ3v) is 3.06. The third kappa shape index (κ3) is 3.87. The highest BCUT2D eigenvalue weighted by molar-refractivity contribution is 5.55. The van der Waals surface area contributed by atoms with E-state index in [0.717, 1.165) is 0 Å². The number of methoxy groups -OCH3 is 1. The molecule has 0 heterocycles. The number of anilines is 1. The molecule has 2 aromatic rings. The Morgan fingerprint density at radius 2 is 1.73 bits per heavy atom. The Morgan fingerprint density at radius 3 is 2.32 bits per heavy atom. The predicted octanol–water partition coefficient (Wildman–Crippen LogP) is 4.37. The maximum absolute atomic E-state index is 13.6. The highest BCUT2D eigenvalue weighted by Gasteiger charge is 2.10. The van der Waals surface area contributed by atoms with E-state index in [0.29, 0.717) is 17.2 Å². The molecule has 22 heavy (non-hydrogen) atoms. The second-order valence-electron chi connectivity index (χ2n) is 5.09. The van der Waals surface area contributed by atoms with Gasteiger partial charge in [0.1, 0.15) is 11.6 Å². The van der Waals surface area contributed by atoms with E-state index in [1.54, 1.807) is 25.3 Å². The molecule has 0 amide bonds. The summed E-state index contributed by atoms with van der Waals surface area (Å²) >= 11 is 0. The Morgan fingerprint density at radius 1 is 1.05 bits per heavy atom. The fraction of sp³-hybridized carbons (Fsp3) is 0.294. The molecule has 0 aliphatic rings. The summed E-state index contributed by atoms with van der Waals surface area (Å²) in [5.41, 5.74) is 0.698. The fourth-order valence-electron chi connectivity index (χ4n) is 2.02. The lowest BCUT2D eigenvalue weighted by Gasteiger charge is -2.15. The molecule has 3 nitrogen and oxygen atoms in total. The standard InChI is InChI=1S/C17H19F2NO2/c1-11(2)22-17-9-12(7-8-16(17)21-3)20-10-13-14(18)5-4-6-15(13)19/h4-9,11,20H,10H2,1-3H3. The average Bonchev–Trinajstić information content (AvgIpc) is 2.46. The molecular weight excluding hydrogens is 288 g/mol. The highest BCUT2D eigenvalue weighted by atomic mass is 19.1. The molecule has 118 valence electrons. The second-order valence-corrected chi connectivity index (χ2v) is 5.09. The van der Waals surface area contributed by atoms with Crippen molar-refractivity contribution >= 4 is 5.69 Å². The van der Waals surface area contributed by atoms with Crippen LogP contribution in [-0.2, 0) is 6.54 Å². The zero-order valence-corrected chi connectivity index (χ0v) is 12.8. The van der Waals surface area contributed by atoms with E-state index in [9.17, 15) is 8.78 Å². The van der Waals surface area contributed by atoms with Crippen LogP contribution in [0.2, 0.25) is 0 Å². The molecule has 0 saturated carbocycles. The molecule has 5 heteroatoms. The van der Waals surface area contributed by atoms with Crippen LogP contribution in [0.4, 0.5) is 14.5 Å². The number of hydrogen-bond donors (Lipinski definition) is 1. The molecule has 1 N–H and O–H groups in total. The zero-order valence-electron chi connectivity index (χ0n) is 12.8. The van der Waals surface area contributed by atoms with Crippen LogP contribution in [0.25, 0.3) is 0 Å². The lowest BCUT2D eigenvalue weighted by atomic mass is 10.2. The normalized spacial score (nSPS) is 10.6. The van der Waals surface area contributed by atoms with Gasteiger partial charge in [-0.3, -0.25) is 0 Å². The van der Waals surface area contributed by atoms with Gasteiger partial charge in [-0.05, 0) is 38.1 Å². The average molecular weight is 307 g/mol. The van der Waals surface area contributed by atoms with Gasteiger partial charge >= 0.3 is 0 Å². The molecule has 0 aliphatic carbocycles. The summed E-state index contributed by atoms with van der Waals surface area (Å²) in [6.07, 6.45) is -0.00633. The molecule has 0 bridgehead atoms. The molecular formula is C17H19F2NO2. The van der Waals surface area contributed by atoms with E-state index in [1.165, 1.54) is 18.2 Å². The van der Waals surface area contributed by atoms with Crippen molar-refractivity contribution in [2.45, 2.75) is 26.5 Å². The van der Waals surface area contributed by atoms with E-state index < -0.39 is 11.6 Å². The molecule has 0 atom stereocenters. The monoisotopic (exact) mass is 307 g/mol. The van der Waals surface area contributed by atoms with Crippen LogP contribution in [0.3, 0.4) is 0 Å². The van der Waals surface area contributed by atoms with Gasteiger partial charge in [0.2, 0.25) is 0 Å². The van der Waals surface area contributed by atoms with Crippen molar-refractivity contribution in [2.24, 2.45) is 0 Å². The summed E-state index contributed by atoms with van der Waals surface area (Å²) in [5, 5.41) is 2.99. The molecule has 0 aliphatic heterocycles. The van der Waals surface area contributed by atoms with Gasteiger partial charge in [-0.25, -0.2) is 8.78 Å². The first-order chi connectivity index (χ1) is 10.5. The number of nitrogens with one attached hydrogen (secondary N) is 1. The Hall–Kier alpha value is -2.30. The second kappa shape index (κ2) is 7.11. The quantitative estimate of drug-likeness (QED) is 0.859. The number of benzene rings is 2. The molecule has 0 unspecified atom stereocenters. The highest BCUT2D eigenvalue weighted by Crippen LogP contribution is 2.31. The number of ether oxygens (including phenoxy) is 2. The molecule has 2 aromatic carbocycles. The minimum absolute atomic E-state index is 0.00430. The van der Waals surface area contributed by atoms with Crippen LogP contribution >= 0.6 is 0 Å². The van der Waals surface area contributed by atoms with Crippen LogP contribution in [0.1, 0.15) is 19.4 Å². The van der Waals surface area contributed by atoms with Gasteiger partial charge in [0, 0.05) is 23.9 Å². The van der Waals surface area contributed by atoms with E-state index >= 15 is 0 Å². The van der Waals surface area contributed by atoms with Crippen LogP contribution < -0.4 is 14.8 Å². The Bertz CT molecular complexity index is 624. The predicted molar refractivity (Wildman–Crippen MR) is 82.4 cm³/mol. The van der Waals surface area contributed by atoms with Gasteiger partial charge in [-0.2, -0.15) is 0 Å². The van der Waals surface area contributed by atoms with Gasteiger partial charge in [0.15, 0.2) is 11.5 Å². The summed E-state index contributed by atoms with van der Waals surface area (Å²) < 4.78 is 38.1. The van der Waals surface area contributed by atoms with Crippen LogP contribution in [0.15, 0.2) is 36.4 Å². The van der Waals surface area contributed by atoms with Gasteiger partial charge < -0.3 is 14.8 Å². The van der Waals surface area contributed by atoms with Crippen molar-refractivity contribution in [3.8, 4) is 11.5 Å². The minimum atomic E-state index is -0.570. The van der Waals surface area contributed by atoms with E-state index in [-0.39, 0.29) is 18.2 Å². The SMILES string of the molecule is COc1ccc(NCc2c(F)cccc2F)cc1OC(C)C. The lowest BCUT2D eigenvalue weighted by Crippen LogP contribution is -2.08. The van der Waals surface area contributed by atoms with Crippen molar-refractivity contribution < 1.29 is 18.3 Å². The van der Waals surface area contributed by atoms with Crippen molar-refractivity contribution in [3.05, 3.63) is 53.6 Å². The molecule has 0 saturated heterocycles. The van der Waals surface area contributed by atoms with Crippen molar-refractivity contribution in [1.29, 1.82) is 0 Å². The molecule has 2 rings (SSSR count). The fourth-order valence-corrected chi connectivity index (χ4v) is 2.02. The first-order valence-corrected chi connectivity index (χ1v) is 7.02. The van der Waals surface area contributed by atoms with E-state index in [4.69, 9.17) is 9.47 Å². The van der Waals surface area contributed by atoms with Gasteiger partial charge in [-0.15, -0.1) is 0 Å². The Kier molecular flexibility index (Phi) is 5.20. The molecule has 0 spiro atoms. The zero-order chi connectivity index (χ0) is 16.1. The lowest BCUT2D eigenvalue weighted by molar-refractivity contribution is 0.230. The number of rotatable bonds is 6. The number of hydrogen-bond acceptors (Lipinski definition) is 3. The van der Waals surface area contributed by atoms with Gasteiger partial charge in [-0.1, -0.05) is 6.07 Å². The maximum atomic E-state index is 13.6. The van der Waals surface area contributed by atoms with Crippen LogP contribution in [-0.4, -0.2) is 13.2 Å². The van der Waals surface area contributed by atoms with Crippen LogP contribution in [0, 0.1) is 11.6 Å². The first kappa shape index (κ1) is 16.1. The van der Waals surface area contributed by atoms with Crippen molar-refractivity contribution in [3.63, 3.8) is 0 Å². The molecule has 0 fully saturated rings. The van der Waals surface area contributed by atoms with Crippen LogP contribution in [0.5, 0.6) is 11.5 Å². The topological polar surface area (TPSA) is 30.5 Å². The van der Waals surface area contributed by atoms with Crippen molar-refractivity contribution in [1.82, 2.24) is 0 Å². The first-order valence-electron chi connectivity index (χ1n) is 7.02. The third-order valence-electron chi connectivity index (χ3n) is 3.06. The van der Waals surface area contributed by atoms with Gasteiger partial charge in [0.25, 0.3) is 0 Å².